The van der Waals surface area contributed by atoms with E-state index in [9.17, 15) is 4.79 Å². The molecule has 5 heteroatoms. The molecule has 1 aliphatic rings. The molecule has 104 valence electrons. The van der Waals surface area contributed by atoms with Gasteiger partial charge in [0.15, 0.2) is 0 Å². The maximum absolute atomic E-state index is 12.1. The molecular formula is C15H15NO3S. The number of nitrogens with zero attached hydrogens (tertiary/aromatic N) is 1. The molecule has 1 aromatic carbocycles. The van der Waals surface area contributed by atoms with Crippen molar-refractivity contribution in [3.05, 3.63) is 45.9 Å². The summed E-state index contributed by atoms with van der Waals surface area (Å²) in [6.07, 6.45) is 1.18. The van der Waals surface area contributed by atoms with Gasteiger partial charge in [0, 0.05) is 17.7 Å². The summed E-state index contributed by atoms with van der Waals surface area (Å²) in [5, 5.41) is 0.967. The van der Waals surface area contributed by atoms with Crippen LogP contribution in [0.1, 0.15) is 28.3 Å². The Bertz CT molecular complexity index is 638. The van der Waals surface area contributed by atoms with Gasteiger partial charge >= 0.3 is 5.97 Å². The predicted molar refractivity (Wildman–Crippen MR) is 75.9 cm³/mol. The van der Waals surface area contributed by atoms with Crippen LogP contribution in [-0.4, -0.2) is 17.1 Å². The van der Waals surface area contributed by atoms with Crippen LogP contribution in [0.3, 0.4) is 0 Å². The Labute approximate surface area is 121 Å². The second-order valence-electron chi connectivity index (χ2n) is 4.82. The Kier molecular flexibility index (Phi) is 3.44. The summed E-state index contributed by atoms with van der Waals surface area (Å²) in [5.74, 6) is 0.470. The molecule has 3 rings (SSSR count). The number of carbonyl (C=O) groups is 1. The Hall–Kier alpha value is -1.88. The number of ether oxygens (including phenoxy) is 2. The number of carbonyl (C=O) groups excluding carboxylic acids is 1. The van der Waals surface area contributed by atoms with Gasteiger partial charge in [0.1, 0.15) is 12.4 Å². The van der Waals surface area contributed by atoms with E-state index < -0.39 is 6.10 Å². The number of benzene rings is 1. The van der Waals surface area contributed by atoms with Crippen LogP contribution in [0, 0.1) is 6.92 Å². The number of rotatable bonds is 3. The highest BCUT2D eigenvalue weighted by Gasteiger charge is 2.37. The molecule has 0 N–H and O–H groups in total. The second-order valence-corrected chi connectivity index (χ2v) is 6.14. The lowest BCUT2D eigenvalue weighted by molar-refractivity contribution is -0.153. The molecule has 1 aliphatic heterocycles. The second kappa shape index (κ2) is 5.25. The Balaban J connectivity index is 1.64. The molecule has 0 fully saturated rings. The molecule has 0 spiro atoms. The molecule has 0 saturated heterocycles. The molecular weight excluding hydrogens is 274 g/mol. The maximum atomic E-state index is 12.1. The van der Waals surface area contributed by atoms with Crippen LogP contribution in [0.4, 0.5) is 0 Å². The number of thiazole rings is 1. The van der Waals surface area contributed by atoms with Crippen LogP contribution in [-0.2, 0) is 16.1 Å². The fourth-order valence-electron chi connectivity index (χ4n) is 2.31. The van der Waals surface area contributed by atoms with Crippen molar-refractivity contribution in [2.75, 3.05) is 0 Å². The number of aromatic nitrogens is 1. The highest BCUT2D eigenvalue weighted by atomic mass is 32.1. The predicted octanol–water partition coefficient (Wildman–Crippen LogP) is 3.06. The van der Waals surface area contributed by atoms with Crippen molar-refractivity contribution < 1.29 is 14.3 Å². The lowest BCUT2D eigenvalue weighted by atomic mass is 9.98. The van der Waals surface area contributed by atoms with E-state index in [1.54, 1.807) is 6.20 Å². The Morgan fingerprint density at radius 1 is 1.45 bits per heavy atom. The van der Waals surface area contributed by atoms with Gasteiger partial charge in [-0.05, 0) is 13.0 Å². The van der Waals surface area contributed by atoms with Crippen LogP contribution in [0.2, 0.25) is 0 Å². The van der Waals surface area contributed by atoms with Gasteiger partial charge in [-0.1, -0.05) is 25.1 Å². The first-order valence-electron chi connectivity index (χ1n) is 6.48. The van der Waals surface area contributed by atoms with E-state index in [0.717, 1.165) is 21.2 Å². The first-order chi connectivity index (χ1) is 9.65. The molecule has 1 aromatic heterocycles. The molecule has 20 heavy (non-hydrogen) atoms. The number of fused-ring (bicyclic) bond motifs is 1. The Morgan fingerprint density at radius 3 is 2.95 bits per heavy atom. The van der Waals surface area contributed by atoms with E-state index in [1.165, 1.54) is 11.3 Å². The van der Waals surface area contributed by atoms with Crippen molar-refractivity contribution in [2.45, 2.75) is 32.5 Å². The van der Waals surface area contributed by atoms with Crippen molar-refractivity contribution >= 4 is 17.3 Å². The molecule has 2 unspecified atom stereocenters. The summed E-state index contributed by atoms with van der Waals surface area (Å²) >= 11 is 1.53. The van der Waals surface area contributed by atoms with Crippen molar-refractivity contribution in [3.8, 4) is 5.75 Å². The molecule has 0 radical (unpaired) electrons. The minimum Gasteiger partial charge on any atom is -0.478 e. The summed E-state index contributed by atoms with van der Waals surface area (Å²) < 4.78 is 11.0. The summed E-state index contributed by atoms with van der Waals surface area (Å²) in [6.45, 7) is 4.16. The standard InChI is InChI=1S/C15H15NO3S/c1-9-12-5-3-4-6-13(12)19-14(9)15(17)18-8-11-7-16-10(2)20-11/h3-7,9,14H,8H2,1-2H3. The molecule has 2 heterocycles. The monoisotopic (exact) mass is 289 g/mol. The SMILES string of the molecule is Cc1ncc(COC(=O)C2Oc3ccccc3C2C)s1. The summed E-state index contributed by atoms with van der Waals surface area (Å²) in [5.41, 5.74) is 1.06. The van der Waals surface area contributed by atoms with Gasteiger partial charge in [-0.15, -0.1) is 11.3 Å². The van der Waals surface area contributed by atoms with Gasteiger partial charge in [-0.25, -0.2) is 9.78 Å². The molecule has 0 aliphatic carbocycles. The molecule has 2 aromatic rings. The smallest absolute Gasteiger partial charge is 0.348 e. The van der Waals surface area contributed by atoms with Gasteiger partial charge < -0.3 is 9.47 Å². The van der Waals surface area contributed by atoms with Crippen LogP contribution in [0.15, 0.2) is 30.5 Å². The summed E-state index contributed by atoms with van der Waals surface area (Å²) in [6, 6.07) is 7.72. The number of hydrogen-bond donors (Lipinski definition) is 0. The van der Waals surface area contributed by atoms with Gasteiger partial charge in [0.05, 0.1) is 9.88 Å². The number of hydrogen-bond acceptors (Lipinski definition) is 5. The van der Waals surface area contributed by atoms with Crippen molar-refractivity contribution in [2.24, 2.45) is 0 Å². The topological polar surface area (TPSA) is 48.4 Å². The summed E-state index contributed by atoms with van der Waals surface area (Å²) in [4.78, 5) is 17.2. The zero-order valence-electron chi connectivity index (χ0n) is 11.3. The molecule has 0 bridgehead atoms. The van der Waals surface area contributed by atoms with E-state index in [0.29, 0.717) is 0 Å². The number of aryl methyl sites for hydroxylation is 1. The van der Waals surface area contributed by atoms with E-state index >= 15 is 0 Å². The van der Waals surface area contributed by atoms with E-state index in [2.05, 4.69) is 4.98 Å². The quantitative estimate of drug-likeness (QED) is 0.815. The average Bonchev–Trinajstić information content (AvgIpc) is 3.01. The molecule has 0 amide bonds. The minimum atomic E-state index is -0.554. The van der Waals surface area contributed by atoms with Gasteiger partial charge in [-0.2, -0.15) is 0 Å². The van der Waals surface area contributed by atoms with Crippen LogP contribution >= 0.6 is 11.3 Å². The first kappa shape index (κ1) is 13.1. The Morgan fingerprint density at radius 2 is 2.25 bits per heavy atom. The fourth-order valence-corrected chi connectivity index (χ4v) is 3.02. The van der Waals surface area contributed by atoms with Gasteiger partial charge in [0.25, 0.3) is 0 Å². The van der Waals surface area contributed by atoms with E-state index in [-0.39, 0.29) is 18.5 Å². The van der Waals surface area contributed by atoms with Crippen LogP contribution < -0.4 is 4.74 Å². The third-order valence-electron chi connectivity index (χ3n) is 3.38. The van der Waals surface area contributed by atoms with Crippen LogP contribution in [0.25, 0.3) is 0 Å². The zero-order valence-corrected chi connectivity index (χ0v) is 12.1. The zero-order chi connectivity index (χ0) is 14.1. The largest absolute Gasteiger partial charge is 0.478 e. The van der Waals surface area contributed by atoms with Gasteiger partial charge in [-0.3, -0.25) is 0 Å². The molecule has 0 saturated carbocycles. The van der Waals surface area contributed by atoms with Crippen LogP contribution in [0.5, 0.6) is 5.75 Å². The van der Waals surface area contributed by atoms with E-state index in [4.69, 9.17) is 9.47 Å². The lowest BCUT2D eigenvalue weighted by Crippen LogP contribution is -2.29. The van der Waals surface area contributed by atoms with Crippen molar-refractivity contribution in [3.63, 3.8) is 0 Å². The molecule has 2 atom stereocenters. The van der Waals surface area contributed by atoms with Crippen molar-refractivity contribution in [1.29, 1.82) is 0 Å². The number of para-hydroxylation sites is 1. The van der Waals surface area contributed by atoms with E-state index in [1.807, 2.05) is 38.1 Å². The van der Waals surface area contributed by atoms with Gasteiger partial charge in [0.2, 0.25) is 6.10 Å². The highest BCUT2D eigenvalue weighted by molar-refractivity contribution is 7.11. The maximum Gasteiger partial charge on any atom is 0.348 e. The number of esters is 1. The lowest BCUT2D eigenvalue weighted by Gasteiger charge is -2.13. The highest BCUT2D eigenvalue weighted by Crippen LogP contribution is 2.38. The summed E-state index contributed by atoms with van der Waals surface area (Å²) in [7, 11) is 0. The average molecular weight is 289 g/mol. The third-order valence-corrected chi connectivity index (χ3v) is 4.26. The minimum absolute atomic E-state index is 0.0156. The normalized spacial score (nSPS) is 20.3. The molecule has 4 nitrogen and oxygen atoms in total. The first-order valence-corrected chi connectivity index (χ1v) is 7.30. The fraction of sp³-hybridized carbons (Fsp3) is 0.333. The van der Waals surface area contributed by atoms with Crippen molar-refractivity contribution in [1.82, 2.24) is 4.98 Å². The third kappa shape index (κ3) is 2.41.